The second-order valence-corrected chi connectivity index (χ2v) is 5.52. The van der Waals surface area contributed by atoms with Gasteiger partial charge in [0, 0.05) is 11.1 Å². The van der Waals surface area contributed by atoms with E-state index >= 15 is 0 Å². The van der Waals surface area contributed by atoms with Crippen molar-refractivity contribution in [3.05, 3.63) is 60.7 Å². The van der Waals surface area contributed by atoms with Crippen molar-refractivity contribution in [2.45, 2.75) is 25.3 Å². The van der Waals surface area contributed by atoms with E-state index in [4.69, 9.17) is 10.1 Å². The molecule has 1 saturated carbocycles. The van der Waals surface area contributed by atoms with Gasteiger partial charge >= 0.3 is 0 Å². The largest absolute Gasteiger partial charge is 0.242 e. The molecule has 1 aliphatic rings. The Morgan fingerprint density at radius 3 is 2.00 bits per heavy atom. The molecule has 0 aliphatic heterocycles. The fraction of sp³-hybridized carbons (Fsp3) is 0.222. The molecule has 21 heavy (non-hydrogen) atoms. The summed E-state index contributed by atoms with van der Waals surface area (Å²) in [5.41, 5.74) is 2.21. The van der Waals surface area contributed by atoms with Crippen LogP contribution in [0, 0.1) is 0 Å². The highest BCUT2D eigenvalue weighted by molar-refractivity contribution is 5.61. The van der Waals surface area contributed by atoms with E-state index in [2.05, 4.69) is 41.1 Å². The van der Waals surface area contributed by atoms with E-state index in [1.165, 1.54) is 19.3 Å². The van der Waals surface area contributed by atoms with Gasteiger partial charge in [-0.05, 0) is 19.3 Å². The third kappa shape index (κ3) is 2.25. The summed E-state index contributed by atoms with van der Waals surface area (Å²) < 4.78 is 2.13. The first-order chi connectivity index (χ1) is 10.4. The Morgan fingerprint density at radius 2 is 1.43 bits per heavy atom. The highest BCUT2D eigenvalue weighted by Crippen LogP contribution is 2.35. The van der Waals surface area contributed by atoms with Gasteiger partial charge < -0.3 is 0 Å². The number of aromatic nitrogens is 3. The first-order valence-electron chi connectivity index (χ1n) is 7.49. The molecule has 1 aliphatic carbocycles. The summed E-state index contributed by atoms with van der Waals surface area (Å²) in [5.74, 6) is 1.81. The Hall–Kier alpha value is -2.42. The lowest BCUT2D eigenvalue weighted by Crippen LogP contribution is -2.19. The van der Waals surface area contributed by atoms with Gasteiger partial charge in [-0.15, -0.1) is 0 Å². The summed E-state index contributed by atoms with van der Waals surface area (Å²) in [7, 11) is 0. The van der Waals surface area contributed by atoms with E-state index in [9.17, 15) is 0 Å². The average molecular weight is 275 g/mol. The third-order valence-electron chi connectivity index (χ3n) is 4.12. The van der Waals surface area contributed by atoms with Crippen molar-refractivity contribution in [2.75, 3.05) is 0 Å². The van der Waals surface area contributed by atoms with E-state index in [0.717, 1.165) is 22.8 Å². The zero-order valence-electron chi connectivity index (χ0n) is 11.8. The van der Waals surface area contributed by atoms with Gasteiger partial charge in [0.05, 0.1) is 6.04 Å². The molecule has 2 aromatic carbocycles. The smallest absolute Gasteiger partial charge is 0.181 e. The minimum atomic E-state index is 0.505. The molecule has 3 heteroatoms. The van der Waals surface area contributed by atoms with Crippen LogP contribution in [0.2, 0.25) is 0 Å². The van der Waals surface area contributed by atoms with Crippen LogP contribution in [-0.4, -0.2) is 14.8 Å². The van der Waals surface area contributed by atoms with Crippen LogP contribution < -0.4 is 0 Å². The van der Waals surface area contributed by atoms with E-state index in [1.54, 1.807) is 0 Å². The minimum Gasteiger partial charge on any atom is -0.242 e. The molecule has 1 heterocycles. The van der Waals surface area contributed by atoms with Crippen LogP contribution in [0.1, 0.15) is 25.3 Å². The van der Waals surface area contributed by atoms with Gasteiger partial charge in [-0.2, -0.15) is 5.10 Å². The van der Waals surface area contributed by atoms with Crippen LogP contribution in [0.5, 0.6) is 0 Å². The monoisotopic (exact) mass is 275 g/mol. The van der Waals surface area contributed by atoms with Crippen molar-refractivity contribution >= 4 is 0 Å². The maximum absolute atomic E-state index is 4.81. The molecule has 0 spiro atoms. The summed E-state index contributed by atoms with van der Waals surface area (Å²) in [5, 5.41) is 4.78. The van der Waals surface area contributed by atoms with E-state index in [1.807, 2.05) is 24.3 Å². The van der Waals surface area contributed by atoms with Crippen LogP contribution in [0.4, 0.5) is 0 Å². The van der Waals surface area contributed by atoms with Crippen LogP contribution in [0.3, 0.4) is 0 Å². The molecule has 4 rings (SSSR count). The summed E-state index contributed by atoms with van der Waals surface area (Å²) >= 11 is 0. The van der Waals surface area contributed by atoms with Crippen molar-refractivity contribution in [3.63, 3.8) is 0 Å². The molecule has 0 bridgehead atoms. The molecule has 0 unspecified atom stereocenters. The van der Waals surface area contributed by atoms with Crippen molar-refractivity contribution in [1.82, 2.24) is 14.8 Å². The molecule has 0 N–H and O–H groups in total. The fourth-order valence-corrected chi connectivity index (χ4v) is 2.70. The molecule has 104 valence electrons. The molecule has 0 radical (unpaired) electrons. The van der Waals surface area contributed by atoms with Crippen molar-refractivity contribution < 1.29 is 0 Å². The van der Waals surface area contributed by atoms with Gasteiger partial charge in [-0.1, -0.05) is 60.7 Å². The van der Waals surface area contributed by atoms with Crippen molar-refractivity contribution in [2.24, 2.45) is 0 Å². The molecule has 1 fully saturated rings. The standard InChI is InChI=1S/C18H17N3/c1-3-8-14(9-4-1)17-19-18(15-10-5-2-6-11-15)21(20-17)16-12-7-13-16/h1-6,8-11,16H,7,12-13H2. The summed E-state index contributed by atoms with van der Waals surface area (Å²) in [4.78, 5) is 4.81. The van der Waals surface area contributed by atoms with Crippen molar-refractivity contribution in [3.8, 4) is 22.8 Å². The van der Waals surface area contributed by atoms with Gasteiger partial charge in [0.15, 0.2) is 11.6 Å². The Labute approximate surface area is 124 Å². The topological polar surface area (TPSA) is 30.7 Å². The zero-order chi connectivity index (χ0) is 14.1. The summed E-state index contributed by atoms with van der Waals surface area (Å²) in [6.07, 6.45) is 3.70. The minimum absolute atomic E-state index is 0.505. The highest BCUT2D eigenvalue weighted by atomic mass is 15.4. The average Bonchev–Trinajstić information content (AvgIpc) is 2.92. The van der Waals surface area contributed by atoms with Gasteiger partial charge in [-0.3, -0.25) is 0 Å². The molecule has 0 saturated heterocycles. The normalized spacial score (nSPS) is 14.9. The zero-order valence-corrected chi connectivity index (χ0v) is 11.8. The SMILES string of the molecule is c1ccc(-c2nc(-c3ccccc3)n(C3CCC3)n2)cc1. The predicted molar refractivity (Wildman–Crippen MR) is 83.8 cm³/mol. The van der Waals surface area contributed by atoms with E-state index < -0.39 is 0 Å². The predicted octanol–water partition coefficient (Wildman–Crippen LogP) is 4.34. The van der Waals surface area contributed by atoms with Gasteiger partial charge in [0.1, 0.15) is 0 Å². The lowest BCUT2D eigenvalue weighted by Gasteiger charge is -2.26. The van der Waals surface area contributed by atoms with Crippen LogP contribution >= 0.6 is 0 Å². The quantitative estimate of drug-likeness (QED) is 0.712. The van der Waals surface area contributed by atoms with E-state index in [0.29, 0.717) is 6.04 Å². The molecule has 3 aromatic rings. The maximum Gasteiger partial charge on any atom is 0.181 e. The van der Waals surface area contributed by atoms with Gasteiger partial charge in [0.2, 0.25) is 0 Å². The molecule has 0 atom stereocenters. The Morgan fingerprint density at radius 1 is 0.810 bits per heavy atom. The number of hydrogen-bond donors (Lipinski definition) is 0. The molecular formula is C18H17N3. The molecular weight excluding hydrogens is 258 g/mol. The Balaban J connectivity index is 1.83. The lowest BCUT2D eigenvalue weighted by molar-refractivity contribution is 0.292. The van der Waals surface area contributed by atoms with Crippen LogP contribution in [-0.2, 0) is 0 Å². The molecule has 3 nitrogen and oxygen atoms in total. The number of hydrogen-bond acceptors (Lipinski definition) is 2. The van der Waals surface area contributed by atoms with Crippen LogP contribution in [0.25, 0.3) is 22.8 Å². The first-order valence-corrected chi connectivity index (χ1v) is 7.49. The third-order valence-corrected chi connectivity index (χ3v) is 4.12. The van der Waals surface area contributed by atoms with Crippen molar-refractivity contribution in [1.29, 1.82) is 0 Å². The highest BCUT2D eigenvalue weighted by Gasteiger charge is 2.25. The fourth-order valence-electron chi connectivity index (χ4n) is 2.70. The number of benzene rings is 2. The Bertz CT molecular complexity index is 728. The first kappa shape index (κ1) is 12.3. The Kier molecular flexibility index (Phi) is 3.03. The molecule has 0 amide bonds. The van der Waals surface area contributed by atoms with E-state index in [-0.39, 0.29) is 0 Å². The number of rotatable bonds is 3. The van der Waals surface area contributed by atoms with Crippen LogP contribution in [0.15, 0.2) is 60.7 Å². The lowest BCUT2D eigenvalue weighted by atomic mass is 9.93. The molecule has 1 aromatic heterocycles. The second-order valence-electron chi connectivity index (χ2n) is 5.52. The van der Waals surface area contributed by atoms with Gasteiger partial charge in [0.25, 0.3) is 0 Å². The maximum atomic E-state index is 4.81. The second kappa shape index (κ2) is 5.17. The number of nitrogens with zero attached hydrogens (tertiary/aromatic N) is 3. The summed E-state index contributed by atoms with van der Waals surface area (Å²) in [6, 6.07) is 21.1. The summed E-state index contributed by atoms with van der Waals surface area (Å²) in [6.45, 7) is 0. The van der Waals surface area contributed by atoms with Gasteiger partial charge in [-0.25, -0.2) is 9.67 Å².